The van der Waals surface area contributed by atoms with Crippen LogP contribution in [-0.2, 0) is 4.79 Å². The maximum atomic E-state index is 12.2. The highest BCUT2D eigenvalue weighted by molar-refractivity contribution is 7.22. The van der Waals surface area contributed by atoms with Gasteiger partial charge in [-0.2, -0.15) is 0 Å². The Hall–Kier alpha value is -2.64. The molecule has 0 spiro atoms. The lowest BCUT2D eigenvalue weighted by molar-refractivity contribution is -0.118. The number of aromatic nitrogens is 1. The first kappa shape index (κ1) is 18.2. The number of nitrogens with one attached hydrogen (secondary N) is 2. The molecule has 136 valence electrons. The first-order valence-electron chi connectivity index (χ1n) is 8.36. The fraction of sp³-hybridized carbons (Fsp3) is 0.263. The number of carbonyl (C=O) groups excluding carboxylic acids is 1. The van der Waals surface area contributed by atoms with Crippen molar-refractivity contribution in [1.82, 2.24) is 4.98 Å². The molecule has 26 heavy (non-hydrogen) atoms. The predicted molar refractivity (Wildman–Crippen MR) is 107 cm³/mol. The standard InChI is InChI=1S/C19H22N4O2S/c1-11(2)13-4-6-15(7-5-13)25-10-17(24)21-14-8-12(3)18-16(9-14)26-19(22-18)23-20/h4-9,11H,10,20H2,1-3H3,(H,21,24)(H,22,23). The van der Waals surface area contributed by atoms with E-state index in [2.05, 4.69) is 29.6 Å². The number of anilines is 2. The van der Waals surface area contributed by atoms with Crippen LogP contribution in [0.1, 0.15) is 30.9 Å². The van der Waals surface area contributed by atoms with Gasteiger partial charge in [0, 0.05) is 5.69 Å². The molecule has 0 aliphatic carbocycles. The number of nitrogens with zero attached hydrogens (tertiary/aromatic N) is 1. The zero-order valence-electron chi connectivity index (χ0n) is 15.0. The molecule has 0 unspecified atom stereocenters. The Labute approximate surface area is 156 Å². The zero-order valence-corrected chi connectivity index (χ0v) is 15.8. The number of benzene rings is 2. The number of thiazole rings is 1. The molecule has 3 aromatic rings. The van der Waals surface area contributed by atoms with Gasteiger partial charge in [-0.15, -0.1) is 0 Å². The normalized spacial score (nSPS) is 11.0. The summed E-state index contributed by atoms with van der Waals surface area (Å²) >= 11 is 1.44. The number of amides is 1. The summed E-state index contributed by atoms with van der Waals surface area (Å²) < 4.78 is 6.52. The number of hydrogen-bond donors (Lipinski definition) is 3. The molecule has 0 aliphatic heterocycles. The molecule has 1 aromatic heterocycles. The molecule has 0 aliphatic rings. The Balaban J connectivity index is 1.63. The van der Waals surface area contributed by atoms with E-state index in [4.69, 9.17) is 10.6 Å². The number of nitrogen functional groups attached to an aromatic ring is 1. The molecule has 4 N–H and O–H groups in total. The van der Waals surface area contributed by atoms with Crippen LogP contribution in [0.15, 0.2) is 36.4 Å². The van der Waals surface area contributed by atoms with Crippen LogP contribution in [0.4, 0.5) is 10.8 Å². The molecule has 0 radical (unpaired) electrons. The highest BCUT2D eigenvalue weighted by Gasteiger charge is 2.10. The van der Waals surface area contributed by atoms with E-state index in [-0.39, 0.29) is 12.5 Å². The van der Waals surface area contributed by atoms with E-state index >= 15 is 0 Å². The van der Waals surface area contributed by atoms with Gasteiger partial charge in [0.05, 0.1) is 10.2 Å². The fourth-order valence-corrected chi connectivity index (χ4v) is 3.52. The second kappa shape index (κ2) is 7.72. The molecule has 2 aromatic carbocycles. The molecule has 0 fully saturated rings. The number of aryl methyl sites for hydroxylation is 1. The van der Waals surface area contributed by atoms with Gasteiger partial charge < -0.3 is 10.1 Å². The molecule has 0 saturated carbocycles. The monoisotopic (exact) mass is 370 g/mol. The number of nitrogens with two attached hydrogens (primary N) is 1. The van der Waals surface area contributed by atoms with Gasteiger partial charge in [-0.05, 0) is 48.2 Å². The van der Waals surface area contributed by atoms with Gasteiger partial charge in [0.15, 0.2) is 11.7 Å². The van der Waals surface area contributed by atoms with Crippen LogP contribution in [0, 0.1) is 6.92 Å². The van der Waals surface area contributed by atoms with E-state index in [9.17, 15) is 4.79 Å². The molecule has 3 rings (SSSR count). The summed E-state index contributed by atoms with van der Waals surface area (Å²) in [4.78, 5) is 16.6. The molecular weight excluding hydrogens is 348 g/mol. The minimum absolute atomic E-state index is 0.0452. The molecular formula is C19H22N4O2S. The van der Waals surface area contributed by atoms with Crippen LogP contribution in [0.5, 0.6) is 5.75 Å². The summed E-state index contributed by atoms with van der Waals surface area (Å²) in [6.07, 6.45) is 0. The Kier molecular flexibility index (Phi) is 5.39. The number of hydrazine groups is 1. The van der Waals surface area contributed by atoms with Gasteiger partial charge in [-0.1, -0.05) is 37.3 Å². The van der Waals surface area contributed by atoms with Gasteiger partial charge in [-0.3, -0.25) is 10.2 Å². The Bertz CT molecular complexity index is 919. The lowest BCUT2D eigenvalue weighted by Gasteiger charge is -2.10. The average Bonchev–Trinajstić information content (AvgIpc) is 3.04. The summed E-state index contributed by atoms with van der Waals surface area (Å²) in [7, 11) is 0. The fourth-order valence-electron chi connectivity index (χ4n) is 2.63. The third-order valence-corrected chi connectivity index (χ3v) is 4.94. The molecule has 0 saturated heterocycles. The lowest BCUT2D eigenvalue weighted by Crippen LogP contribution is -2.20. The van der Waals surface area contributed by atoms with Gasteiger partial charge in [0.2, 0.25) is 0 Å². The Morgan fingerprint density at radius 2 is 2.00 bits per heavy atom. The third-order valence-electron chi connectivity index (χ3n) is 4.01. The maximum absolute atomic E-state index is 12.2. The first-order chi connectivity index (χ1) is 12.5. The number of fused-ring (bicyclic) bond motifs is 1. The maximum Gasteiger partial charge on any atom is 0.262 e. The lowest BCUT2D eigenvalue weighted by atomic mass is 10.0. The number of ether oxygens (including phenoxy) is 1. The van der Waals surface area contributed by atoms with Gasteiger partial charge in [0.25, 0.3) is 5.91 Å². The van der Waals surface area contributed by atoms with E-state index < -0.39 is 0 Å². The largest absolute Gasteiger partial charge is 0.484 e. The number of hydrogen-bond acceptors (Lipinski definition) is 6. The van der Waals surface area contributed by atoms with Gasteiger partial charge in [-0.25, -0.2) is 10.8 Å². The summed E-state index contributed by atoms with van der Waals surface area (Å²) in [5.74, 6) is 6.35. The number of rotatable bonds is 6. The Morgan fingerprint density at radius 3 is 2.65 bits per heavy atom. The van der Waals surface area contributed by atoms with E-state index in [1.54, 1.807) is 0 Å². The van der Waals surface area contributed by atoms with Crippen LogP contribution >= 0.6 is 11.3 Å². The second-order valence-corrected chi connectivity index (χ2v) is 7.39. The second-order valence-electron chi connectivity index (χ2n) is 6.36. The van der Waals surface area contributed by atoms with Crippen molar-refractivity contribution in [3.63, 3.8) is 0 Å². The van der Waals surface area contributed by atoms with E-state index in [0.29, 0.717) is 22.5 Å². The highest BCUT2D eigenvalue weighted by atomic mass is 32.1. The van der Waals surface area contributed by atoms with E-state index in [1.807, 2.05) is 43.3 Å². The summed E-state index contributed by atoms with van der Waals surface area (Å²) in [6, 6.07) is 11.6. The van der Waals surface area contributed by atoms with E-state index in [0.717, 1.165) is 15.8 Å². The quantitative estimate of drug-likeness (QED) is 0.450. The van der Waals surface area contributed by atoms with E-state index in [1.165, 1.54) is 16.9 Å². The minimum Gasteiger partial charge on any atom is -0.484 e. The third kappa shape index (κ3) is 4.12. The van der Waals surface area contributed by atoms with Crippen molar-refractivity contribution in [1.29, 1.82) is 0 Å². The van der Waals surface area contributed by atoms with Crippen molar-refractivity contribution in [2.75, 3.05) is 17.3 Å². The van der Waals surface area contributed by atoms with Crippen molar-refractivity contribution >= 4 is 38.3 Å². The number of carbonyl (C=O) groups is 1. The van der Waals surface area contributed by atoms with Crippen molar-refractivity contribution in [2.24, 2.45) is 5.84 Å². The van der Waals surface area contributed by atoms with Crippen LogP contribution in [0.2, 0.25) is 0 Å². The molecule has 6 nitrogen and oxygen atoms in total. The van der Waals surface area contributed by atoms with Crippen LogP contribution in [0.25, 0.3) is 10.2 Å². The van der Waals surface area contributed by atoms with Crippen molar-refractivity contribution in [2.45, 2.75) is 26.7 Å². The van der Waals surface area contributed by atoms with Crippen molar-refractivity contribution < 1.29 is 9.53 Å². The van der Waals surface area contributed by atoms with Crippen LogP contribution in [0.3, 0.4) is 0 Å². The van der Waals surface area contributed by atoms with Crippen LogP contribution < -0.4 is 21.3 Å². The van der Waals surface area contributed by atoms with Gasteiger partial charge >= 0.3 is 0 Å². The van der Waals surface area contributed by atoms with Crippen LogP contribution in [-0.4, -0.2) is 17.5 Å². The molecule has 1 amide bonds. The molecule has 0 bridgehead atoms. The molecule has 7 heteroatoms. The van der Waals surface area contributed by atoms with Crippen molar-refractivity contribution in [3.8, 4) is 5.75 Å². The summed E-state index contributed by atoms with van der Waals surface area (Å²) in [5, 5.41) is 3.50. The topological polar surface area (TPSA) is 89.3 Å². The summed E-state index contributed by atoms with van der Waals surface area (Å²) in [5.41, 5.74) is 6.35. The van der Waals surface area contributed by atoms with Crippen molar-refractivity contribution in [3.05, 3.63) is 47.5 Å². The molecule has 0 atom stereocenters. The Morgan fingerprint density at radius 1 is 1.27 bits per heavy atom. The first-order valence-corrected chi connectivity index (χ1v) is 9.18. The minimum atomic E-state index is -0.210. The van der Waals surface area contributed by atoms with Gasteiger partial charge in [0.1, 0.15) is 5.75 Å². The summed E-state index contributed by atoms with van der Waals surface area (Å²) in [6.45, 7) is 6.18. The predicted octanol–water partition coefficient (Wildman–Crippen LogP) is 4.03. The highest BCUT2D eigenvalue weighted by Crippen LogP contribution is 2.30. The SMILES string of the molecule is Cc1cc(NC(=O)COc2ccc(C(C)C)cc2)cc2sc(NN)nc12. The molecule has 1 heterocycles. The average molecular weight is 370 g/mol. The zero-order chi connectivity index (χ0) is 18.7. The smallest absolute Gasteiger partial charge is 0.262 e.